The van der Waals surface area contributed by atoms with Crippen molar-refractivity contribution in [2.24, 2.45) is 0 Å². The molecule has 0 amide bonds. The van der Waals surface area contributed by atoms with Gasteiger partial charge in [0.25, 0.3) is 0 Å². The smallest absolute Gasteiger partial charge is 0.137 e. The van der Waals surface area contributed by atoms with Gasteiger partial charge in [-0.2, -0.15) is 0 Å². The molecular weight excluding hydrogens is 909 g/mol. The Morgan fingerprint density at radius 3 is 1.01 bits per heavy atom. The summed E-state index contributed by atoms with van der Waals surface area (Å²) < 4.78 is 8.94. The molecule has 14 aromatic rings. The van der Waals surface area contributed by atoms with E-state index in [9.17, 15) is 0 Å². The molecule has 14 rings (SSSR count). The maximum atomic E-state index is 6.56. The maximum absolute atomic E-state index is 6.56. The third-order valence-electron chi connectivity index (χ3n) is 14.8. The van der Waals surface area contributed by atoms with Crippen LogP contribution in [0.4, 0.5) is 17.1 Å². The van der Waals surface area contributed by atoms with Gasteiger partial charge in [0.05, 0.1) is 22.1 Å². The number of nitrogens with zero attached hydrogens (tertiary/aromatic N) is 2. The van der Waals surface area contributed by atoms with E-state index in [1.54, 1.807) is 0 Å². The first-order chi connectivity index (χ1) is 37.3. The second kappa shape index (κ2) is 18.6. The summed E-state index contributed by atoms with van der Waals surface area (Å²) in [6.07, 6.45) is 0. The molecule has 12 aromatic carbocycles. The van der Waals surface area contributed by atoms with Gasteiger partial charge in [-0.3, -0.25) is 0 Å². The molecule has 0 bridgehead atoms. The van der Waals surface area contributed by atoms with Crippen LogP contribution in [0.1, 0.15) is 0 Å². The monoisotopic (exact) mass is 956 g/mol. The molecule has 0 aliphatic carbocycles. The first-order valence-electron chi connectivity index (χ1n) is 25.7. The van der Waals surface area contributed by atoms with Crippen molar-refractivity contribution in [1.29, 1.82) is 0 Å². The van der Waals surface area contributed by atoms with E-state index in [0.717, 1.165) is 78.1 Å². The van der Waals surface area contributed by atoms with Crippen molar-refractivity contribution in [3.05, 3.63) is 291 Å². The minimum absolute atomic E-state index is 0.845. The Balaban J connectivity index is 1.04. The lowest BCUT2D eigenvalue weighted by molar-refractivity contribution is 0.669. The number of para-hydroxylation sites is 3. The number of hydrogen-bond donors (Lipinski definition) is 0. The van der Waals surface area contributed by atoms with E-state index in [4.69, 9.17) is 4.42 Å². The highest BCUT2D eigenvalue weighted by Gasteiger charge is 2.29. The second-order valence-electron chi connectivity index (χ2n) is 19.1. The van der Waals surface area contributed by atoms with Crippen LogP contribution in [0.25, 0.3) is 116 Å². The van der Waals surface area contributed by atoms with Crippen LogP contribution in [-0.2, 0) is 0 Å². The molecule has 0 atom stereocenters. The fourth-order valence-electron chi connectivity index (χ4n) is 11.6. The molecule has 0 aliphatic rings. The topological polar surface area (TPSA) is 21.3 Å². The molecule has 75 heavy (non-hydrogen) atoms. The summed E-state index contributed by atoms with van der Waals surface area (Å²) in [6.45, 7) is 0. The van der Waals surface area contributed by atoms with E-state index >= 15 is 0 Å². The Hall–Kier alpha value is -9.96. The highest BCUT2D eigenvalue weighted by atomic mass is 16.3. The number of aromatic nitrogens is 1. The first-order valence-corrected chi connectivity index (χ1v) is 25.7. The van der Waals surface area contributed by atoms with E-state index in [0.29, 0.717) is 0 Å². The van der Waals surface area contributed by atoms with E-state index in [1.165, 1.54) is 55.2 Å². The van der Waals surface area contributed by atoms with Gasteiger partial charge >= 0.3 is 0 Å². The lowest BCUT2D eigenvalue weighted by Gasteiger charge is -2.29. The van der Waals surface area contributed by atoms with Crippen molar-refractivity contribution < 1.29 is 4.42 Å². The van der Waals surface area contributed by atoms with Gasteiger partial charge < -0.3 is 13.9 Å². The zero-order chi connectivity index (χ0) is 49.7. The van der Waals surface area contributed by atoms with E-state index in [2.05, 4.69) is 295 Å². The average molecular weight is 957 g/mol. The summed E-state index contributed by atoms with van der Waals surface area (Å²) in [5.41, 5.74) is 22.2. The van der Waals surface area contributed by atoms with Crippen LogP contribution in [0.15, 0.2) is 296 Å². The number of furan rings is 1. The lowest BCUT2D eigenvalue weighted by atomic mass is 9.74. The van der Waals surface area contributed by atoms with Gasteiger partial charge in [0.15, 0.2) is 0 Å². The van der Waals surface area contributed by atoms with Crippen molar-refractivity contribution in [3.8, 4) is 72.4 Å². The number of benzene rings is 12. The number of anilines is 3. The highest BCUT2D eigenvalue weighted by molar-refractivity contribution is 6.16. The van der Waals surface area contributed by atoms with Crippen molar-refractivity contribution >= 4 is 60.8 Å². The van der Waals surface area contributed by atoms with Crippen molar-refractivity contribution in [2.45, 2.75) is 0 Å². The Kier molecular flexibility index (Phi) is 10.8. The van der Waals surface area contributed by atoms with E-state index in [-0.39, 0.29) is 0 Å². The predicted molar refractivity (Wildman–Crippen MR) is 315 cm³/mol. The third kappa shape index (κ3) is 7.52. The van der Waals surface area contributed by atoms with Crippen LogP contribution in [-0.4, -0.2) is 4.57 Å². The van der Waals surface area contributed by atoms with Crippen LogP contribution in [0.5, 0.6) is 0 Å². The summed E-state index contributed by atoms with van der Waals surface area (Å²) >= 11 is 0. The molecule has 0 unspecified atom stereocenters. The first kappa shape index (κ1) is 43.8. The number of hydrogen-bond acceptors (Lipinski definition) is 2. The SMILES string of the molecule is c1ccc(-c2c(-c3ccccc3)c(-c3ccccc3)c(-c3ccc(N(c4ccc(-n5c6ccccc6c6ccccc65)cc4)c4cccc5oc6ccccc6c45)cc3)c(-c3ccccc3)c2-c2ccccc2)cc1. The fourth-order valence-corrected chi connectivity index (χ4v) is 11.6. The quantitative estimate of drug-likeness (QED) is 0.136. The van der Waals surface area contributed by atoms with E-state index < -0.39 is 0 Å². The van der Waals surface area contributed by atoms with Crippen LogP contribution in [0, 0.1) is 0 Å². The van der Waals surface area contributed by atoms with Gasteiger partial charge in [0, 0.05) is 33.2 Å². The van der Waals surface area contributed by atoms with E-state index in [1.807, 2.05) is 6.07 Å². The highest BCUT2D eigenvalue weighted by Crippen LogP contribution is 2.56. The van der Waals surface area contributed by atoms with Crippen molar-refractivity contribution in [2.75, 3.05) is 4.90 Å². The summed E-state index contributed by atoms with van der Waals surface area (Å²) in [6, 6.07) is 105. The van der Waals surface area contributed by atoms with Crippen molar-refractivity contribution in [1.82, 2.24) is 4.57 Å². The Labute approximate surface area is 436 Å². The maximum Gasteiger partial charge on any atom is 0.137 e. The summed E-state index contributed by atoms with van der Waals surface area (Å²) in [7, 11) is 0. The molecule has 0 aliphatic heterocycles. The van der Waals surface area contributed by atoms with Gasteiger partial charge in [-0.25, -0.2) is 0 Å². The zero-order valence-corrected chi connectivity index (χ0v) is 41.0. The Morgan fingerprint density at radius 2 is 0.587 bits per heavy atom. The summed E-state index contributed by atoms with van der Waals surface area (Å²) in [4.78, 5) is 2.39. The number of rotatable bonds is 10. The van der Waals surface area contributed by atoms with Crippen LogP contribution >= 0.6 is 0 Å². The molecule has 3 heteroatoms. The second-order valence-corrected chi connectivity index (χ2v) is 19.1. The molecular formula is C72H48N2O. The van der Waals surface area contributed by atoms with Crippen molar-refractivity contribution in [3.63, 3.8) is 0 Å². The van der Waals surface area contributed by atoms with Gasteiger partial charge in [0.2, 0.25) is 0 Å². The van der Waals surface area contributed by atoms with Gasteiger partial charge in [-0.05, 0) is 133 Å². The minimum Gasteiger partial charge on any atom is -0.456 e. The molecule has 0 N–H and O–H groups in total. The number of fused-ring (bicyclic) bond motifs is 6. The predicted octanol–water partition coefficient (Wildman–Crippen LogP) is 20.2. The van der Waals surface area contributed by atoms with Crippen LogP contribution in [0.3, 0.4) is 0 Å². The lowest BCUT2D eigenvalue weighted by Crippen LogP contribution is -2.10. The molecule has 0 saturated carbocycles. The zero-order valence-electron chi connectivity index (χ0n) is 41.0. The standard InChI is InChI=1S/C72H48N2O/c1-6-23-49(24-7-1)66-67(50-25-8-2-9-26-50)69(52-29-12-4-13-30-52)71(70(53-31-14-5-15-32-53)68(66)51-27-10-3-11-28-51)54-41-43-55(44-42-54)73(63-38-22-40-65-72(63)60-35-18-21-39-64(60)75-65)56-45-47-57(48-46-56)74-61-36-19-16-33-58(61)59-34-17-20-37-62(59)74/h1-48H. The van der Waals surface area contributed by atoms with Crippen LogP contribution < -0.4 is 4.90 Å². The molecule has 0 fully saturated rings. The molecule has 352 valence electrons. The molecule has 0 saturated heterocycles. The molecule has 0 spiro atoms. The van der Waals surface area contributed by atoms with Gasteiger partial charge in [-0.15, -0.1) is 0 Å². The fraction of sp³-hybridized carbons (Fsp3) is 0. The molecule has 2 aromatic heterocycles. The molecule has 2 heterocycles. The van der Waals surface area contributed by atoms with Gasteiger partial charge in [0.1, 0.15) is 11.2 Å². The van der Waals surface area contributed by atoms with Crippen LogP contribution in [0.2, 0.25) is 0 Å². The molecule has 0 radical (unpaired) electrons. The summed E-state index contributed by atoms with van der Waals surface area (Å²) in [5, 5.41) is 4.62. The normalized spacial score (nSPS) is 11.5. The van der Waals surface area contributed by atoms with Gasteiger partial charge in [-0.1, -0.05) is 224 Å². The molecule has 3 nitrogen and oxygen atoms in total. The minimum atomic E-state index is 0.845. The Morgan fingerprint density at radius 1 is 0.253 bits per heavy atom. The largest absolute Gasteiger partial charge is 0.456 e. The summed E-state index contributed by atoms with van der Waals surface area (Å²) in [5.74, 6) is 0. The third-order valence-corrected chi connectivity index (χ3v) is 14.8. The Bertz CT molecular complexity index is 4190. The average Bonchev–Trinajstić information content (AvgIpc) is 4.05.